The minimum atomic E-state index is -0.00182. The number of hydrogen-bond donors (Lipinski definition) is 1. The van der Waals surface area contributed by atoms with Crippen LogP contribution in [0.4, 0.5) is 0 Å². The number of carbonyl (C=O) groups is 2. The van der Waals surface area contributed by atoms with E-state index in [9.17, 15) is 9.59 Å². The third-order valence-electron chi connectivity index (χ3n) is 6.31. The molecule has 0 aromatic carbocycles. The van der Waals surface area contributed by atoms with Gasteiger partial charge in [-0.15, -0.1) is 0 Å². The lowest BCUT2D eigenvalue weighted by molar-refractivity contribution is -0.134. The van der Waals surface area contributed by atoms with Crippen LogP contribution in [0.1, 0.15) is 71.1 Å². The van der Waals surface area contributed by atoms with E-state index in [1.54, 1.807) is 6.92 Å². The Hall–Kier alpha value is -1.06. The van der Waals surface area contributed by atoms with E-state index in [2.05, 4.69) is 5.32 Å². The molecule has 3 aliphatic rings. The van der Waals surface area contributed by atoms with Crippen molar-refractivity contribution in [1.29, 1.82) is 0 Å². The molecule has 0 aromatic heterocycles. The molecule has 3 rings (SSSR count). The summed E-state index contributed by atoms with van der Waals surface area (Å²) in [6.45, 7) is 3.03. The Bertz CT molecular complexity index is 429. The minimum Gasteiger partial charge on any atom is -0.353 e. The van der Waals surface area contributed by atoms with E-state index in [4.69, 9.17) is 0 Å². The SMILES string of the molecule is CC(=O)N1CCC[C@H](C(=O)N[C@@H]2CCCCC23CCCC3)C1. The van der Waals surface area contributed by atoms with Crippen molar-refractivity contribution in [2.75, 3.05) is 13.1 Å². The van der Waals surface area contributed by atoms with Crippen molar-refractivity contribution in [3.05, 3.63) is 0 Å². The zero-order valence-corrected chi connectivity index (χ0v) is 13.9. The predicted octanol–water partition coefficient (Wildman–Crippen LogP) is 2.86. The standard InChI is InChI=1S/C18H30N2O2/c1-14(21)20-12-6-7-15(13-20)17(22)19-16-8-2-3-9-18(16)10-4-5-11-18/h15-16H,2-13H2,1H3,(H,19,22)/t15-,16+/m0/s1. The fraction of sp³-hybridized carbons (Fsp3) is 0.889. The van der Waals surface area contributed by atoms with Crippen LogP contribution in [0, 0.1) is 11.3 Å². The number of likely N-dealkylation sites (tertiary alicyclic amines) is 1. The molecule has 22 heavy (non-hydrogen) atoms. The normalized spacial score (nSPS) is 31.2. The number of nitrogens with zero attached hydrogens (tertiary/aromatic N) is 1. The van der Waals surface area contributed by atoms with E-state index in [0.717, 1.165) is 25.8 Å². The van der Waals surface area contributed by atoms with Crippen molar-refractivity contribution in [3.63, 3.8) is 0 Å². The van der Waals surface area contributed by atoms with Gasteiger partial charge in [-0.25, -0.2) is 0 Å². The maximum Gasteiger partial charge on any atom is 0.225 e. The smallest absolute Gasteiger partial charge is 0.225 e. The molecule has 1 aliphatic heterocycles. The summed E-state index contributed by atoms with van der Waals surface area (Å²) in [7, 11) is 0. The van der Waals surface area contributed by atoms with E-state index in [-0.39, 0.29) is 17.7 Å². The maximum absolute atomic E-state index is 12.7. The Balaban J connectivity index is 1.61. The number of rotatable bonds is 2. The first-order valence-corrected chi connectivity index (χ1v) is 9.17. The molecular weight excluding hydrogens is 276 g/mol. The van der Waals surface area contributed by atoms with E-state index < -0.39 is 0 Å². The molecule has 0 unspecified atom stereocenters. The summed E-state index contributed by atoms with van der Waals surface area (Å²) in [5.41, 5.74) is 0.392. The van der Waals surface area contributed by atoms with Gasteiger partial charge in [-0.05, 0) is 43.9 Å². The Morgan fingerprint density at radius 3 is 2.36 bits per heavy atom. The molecule has 1 heterocycles. The number of amides is 2. The summed E-state index contributed by atoms with van der Waals surface area (Å²) in [4.78, 5) is 26.1. The molecule has 1 saturated heterocycles. The molecule has 2 aliphatic carbocycles. The van der Waals surface area contributed by atoms with Crippen molar-refractivity contribution in [1.82, 2.24) is 10.2 Å². The zero-order valence-electron chi connectivity index (χ0n) is 13.9. The van der Waals surface area contributed by atoms with Gasteiger partial charge < -0.3 is 10.2 Å². The van der Waals surface area contributed by atoms with Gasteiger partial charge in [0.05, 0.1) is 5.92 Å². The van der Waals surface area contributed by atoms with E-state index in [1.165, 1.54) is 44.9 Å². The molecule has 2 atom stereocenters. The monoisotopic (exact) mass is 306 g/mol. The van der Waals surface area contributed by atoms with Gasteiger partial charge in [0.15, 0.2) is 0 Å². The number of nitrogens with one attached hydrogen (secondary N) is 1. The molecule has 1 N–H and O–H groups in total. The van der Waals surface area contributed by atoms with E-state index in [0.29, 0.717) is 18.0 Å². The first-order chi connectivity index (χ1) is 10.6. The average Bonchev–Trinajstić information content (AvgIpc) is 2.99. The molecule has 2 saturated carbocycles. The highest BCUT2D eigenvalue weighted by Gasteiger charge is 2.43. The lowest BCUT2D eigenvalue weighted by Crippen LogP contribution is -2.52. The van der Waals surface area contributed by atoms with E-state index in [1.807, 2.05) is 4.90 Å². The Morgan fingerprint density at radius 1 is 1.00 bits per heavy atom. The second kappa shape index (κ2) is 6.59. The highest BCUT2D eigenvalue weighted by molar-refractivity contribution is 5.81. The molecule has 3 fully saturated rings. The van der Waals surface area contributed by atoms with Crippen LogP contribution in [-0.2, 0) is 9.59 Å². The molecule has 1 spiro atoms. The van der Waals surface area contributed by atoms with Gasteiger partial charge in [0.2, 0.25) is 11.8 Å². The van der Waals surface area contributed by atoms with Gasteiger partial charge in [0.25, 0.3) is 0 Å². The second-order valence-corrected chi connectivity index (χ2v) is 7.68. The van der Waals surface area contributed by atoms with Crippen molar-refractivity contribution in [3.8, 4) is 0 Å². The Labute approximate surface area is 134 Å². The van der Waals surface area contributed by atoms with Crippen molar-refractivity contribution in [2.45, 2.75) is 77.2 Å². The molecule has 4 nitrogen and oxygen atoms in total. The fourth-order valence-electron chi connectivity index (χ4n) is 4.98. The maximum atomic E-state index is 12.7. The number of hydrogen-bond acceptors (Lipinski definition) is 2. The topological polar surface area (TPSA) is 49.4 Å². The largest absolute Gasteiger partial charge is 0.353 e. The third-order valence-corrected chi connectivity index (χ3v) is 6.31. The van der Waals surface area contributed by atoms with Gasteiger partial charge in [-0.1, -0.05) is 25.7 Å². The molecule has 2 amide bonds. The molecule has 4 heteroatoms. The second-order valence-electron chi connectivity index (χ2n) is 7.68. The zero-order chi connectivity index (χ0) is 15.6. The summed E-state index contributed by atoms with van der Waals surface area (Å²) in [6, 6.07) is 0.379. The number of carbonyl (C=O) groups excluding carboxylic acids is 2. The van der Waals surface area contributed by atoms with Crippen LogP contribution in [0.15, 0.2) is 0 Å². The quantitative estimate of drug-likeness (QED) is 0.853. The highest BCUT2D eigenvalue weighted by Crippen LogP contribution is 2.49. The van der Waals surface area contributed by atoms with Crippen LogP contribution in [0.3, 0.4) is 0 Å². The predicted molar refractivity (Wildman–Crippen MR) is 86.3 cm³/mol. The minimum absolute atomic E-state index is 0.00182. The van der Waals surface area contributed by atoms with Gasteiger partial charge in [-0.3, -0.25) is 9.59 Å². The molecule has 0 radical (unpaired) electrons. The highest BCUT2D eigenvalue weighted by atomic mass is 16.2. The van der Waals surface area contributed by atoms with Gasteiger partial charge in [0, 0.05) is 26.1 Å². The summed E-state index contributed by atoms with van der Waals surface area (Å²) < 4.78 is 0. The molecular formula is C18H30N2O2. The van der Waals surface area contributed by atoms with E-state index >= 15 is 0 Å². The van der Waals surface area contributed by atoms with Gasteiger partial charge >= 0.3 is 0 Å². The summed E-state index contributed by atoms with van der Waals surface area (Å²) in [5, 5.41) is 3.40. The number of piperidine rings is 1. The fourth-order valence-corrected chi connectivity index (χ4v) is 4.98. The average molecular weight is 306 g/mol. The first kappa shape index (κ1) is 15.8. The van der Waals surface area contributed by atoms with Gasteiger partial charge in [-0.2, -0.15) is 0 Å². The third kappa shape index (κ3) is 3.16. The summed E-state index contributed by atoms with van der Waals surface area (Å²) >= 11 is 0. The van der Waals surface area contributed by atoms with Crippen LogP contribution in [0.5, 0.6) is 0 Å². The molecule has 124 valence electrons. The molecule has 0 aromatic rings. The molecule has 0 bridgehead atoms. The van der Waals surface area contributed by atoms with Crippen LogP contribution >= 0.6 is 0 Å². The lowest BCUT2D eigenvalue weighted by atomic mass is 9.69. The van der Waals surface area contributed by atoms with Crippen LogP contribution in [-0.4, -0.2) is 35.8 Å². The summed E-state index contributed by atoms with van der Waals surface area (Å²) in [6.07, 6.45) is 12.1. The van der Waals surface area contributed by atoms with Crippen molar-refractivity contribution >= 4 is 11.8 Å². The van der Waals surface area contributed by atoms with Crippen molar-refractivity contribution < 1.29 is 9.59 Å². The Morgan fingerprint density at radius 2 is 1.68 bits per heavy atom. The van der Waals surface area contributed by atoms with Crippen LogP contribution in [0.25, 0.3) is 0 Å². The lowest BCUT2D eigenvalue weighted by Gasteiger charge is -2.43. The van der Waals surface area contributed by atoms with Crippen molar-refractivity contribution in [2.24, 2.45) is 11.3 Å². The summed E-state index contributed by atoms with van der Waals surface area (Å²) in [5.74, 6) is 0.296. The first-order valence-electron chi connectivity index (χ1n) is 9.17. The van der Waals surface area contributed by atoms with Crippen LogP contribution < -0.4 is 5.32 Å². The van der Waals surface area contributed by atoms with Crippen LogP contribution in [0.2, 0.25) is 0 Å². The Kier molecular flexibility index (Phi) is 4.74. The van der Waals surface area contributed by atoms with Gasteiger partial charge in [0.1, 0.15) is 0 Å².